The Kier molecular flexibility index (Phi) is 3.23. The minimum Gasteiger partial charge on any atom is -0.348 e. The predicted molar refractivity (Wildman–Crippen MR) is 66.8 cm³/mol. The van der Waals surface area contributed by atoms with Crippen LogP contribution in [0.5, 0.6) is 0 Å². The number of hydrogen-bond acceptors (Lipinski definition) is 2. The maximum Gasteiger partial charge on any atom is 0.230 e. The van der Waals surface area contributed by atoms with E-state index < -0.39 is 0 Å². The maximum atomic E-state index is 11.8. The Morgan fingerprint density at radius 2 is 2.24 bits per heavy atom. The lowest BCUT2D eigenvalue weighted by atomic mass is 10.1. The Labute approximate surface area is 100 Å². The molecule has 0 atom stereocenters. The van der Waals surface area contributed by atoms with Crippen LogP contribution < -0.4 is 5.32 Å². The van der Waals surface area contributed by atoms with Crippen LogP contribution in [0.25, 0.3) is 0 Å². The zero-order valence-corrected chi connectivity index (χ0v) is 9.95. The van der Waals surface area contributed by atoms with Crippen LogP contribution in [0.3, 0.4) is 0 Å². The molecule has 88 valence electrons. The number of aromatic nitrogens is 2. The van der Waals surface area contributed by atoms with E-state index in [1.165, 1.54) is 5.56 Å². The smallest absolute Gasteiger partial charge is 0.230 e. The zero-order valence-electron chi connectivity index (χ0n) is 9.95. The summed E-state index contributed by atoms with van der Waals surface area (Å²) in [6.07, 6.45) is 3.54. The van der Waals surface area contributed by atoms with Crippen molar-refractivity contribution in [3.05, 3.63) is 47.5 Å². The van der Waals surface area contributed by atoms with Crippen LogP contribution in [0.2, 0.25) is 0 Å². The Morgan fingerprint density at radius 1 is 1.41 bits per heavy atom. The summed E-state index contributed by atoms with van der Waals surface area (Å²) in [5.74, 6) is -0.0389. The second-order valence-corrected chi connectivity index (χ2v) is 4.05. The average molecular weight is 229 g/mol. The number of carbonyl (C=O) groups excluding carboxylic acids is 1. The van der Waals surface area contributed by atoms with Gasteiger partial charge in [0.05, 0.1) is 12.7 Å². The second kappa shape index (κ2) is 4.82. The molecule has 17 heavy (non-hydrogen) atoms. The monoisotopic (exact) mass is 229 g/mol. The highest BCUT2D eigenvalue weighted by atomic mass is 16.1. The summed E-state index contributed by atoms with van der Waals surface area (Å²) < 4.78 is 0. The lowest BCUT2D eigenvalue weighted by molar-refractivity contribution is -0.115. The number of benzene rings is 1. The van der Waals surface area contributed by atoms with Gasteiger partial charge in [-0.15, -0.1) is 0 Å². The second-order valence-electron chi connectivity index (χ2n) is 4.05. The summed E-state index contributed by atoms with van der Waals surface area (Å²) in [7, 11) is 0. The minimum absolute atomic E-state index is 0.0389. The number of aryl methyl sites for hydroxylation is 1. The Bertz CT molecular complexity index is 517. The van der Waals surface area contributed by atoms with Crippen molar-refractivity contribution in [1.29, 1.82) is 0 Å². The first kappa shape index (κ1) is 11.4. The standard InChI is InChI=1S/C13H15N3O/c1-9-4-3-5-12(10(9)2)16-13(17)6-11-7-14-8-15-11/h3-5,7-8H,6H2,1-2H3,(H,14,15)(H,16,17). The number of nitrogens with zero attached hydrogens (tertiary/aromatic N) is 1. The molecule has 1 aromatic heterocycles. The average Bonchev–Trinajstić information content (AvgIpc) is 2.77. The van der Waals surface area contributed by atoms with Gasteiger partial charge in [0.2, 0.25) is 5.91 Å². The first-order valence-corrected chi connectivity index (χ1v) is 5.50. The highest BCUT2D eigenvalue weighted by Gasteiger charge is 2.07. The van der Waals surface area contributed by atoms with Crippen LogP contribution in [0, 0.1) is 13.8 Å². The van der Waals surface area contributed by atoms with Gasteiger partial charge in [-0.25, -0.2) is 4.98 Å². The summed E-state index contributed by atoms with van der Waals surface area (Å²) in [5, 5.41) is 2.90. The van der Waals surface area contributed by atoms with Crippen LogP contribution >= 0.6 is 0 Å². The maximum absolute atomic E-state index is 11.8. The van der Waals surface area contributed by atoms with E-state index in [1.807, 2.05) is 32.0 Å². The van der Waals surface area contributed by atoms with Crippen molar-refractivity contribution in [2.24, 2.45) is 0 Å². The molecule has 0 saturated carbocycles. The fourth-order valence-corrected chi connectivity index (χ4v) is 1.64. The van der Waals surface area contributed by atoms with Crippen molar-refractivity contribution < 1.29 is 4.79 Å². The summed E-state index contributed by atoms with van der Waals surface area (Å²) in [6, 6.07) is 5.88. The van der Waals surface area contributed by atoms with Gasteiger partial charge in [-0.2, -0.15) is 0 Å². The van der Waals surface area contributed by atoms with Crippen LogP contribution in [-0.2, 0) is 11.2 Å². The number of anilines is 1. The molecule has 4 nitrogen and oxygen atoms in total. The molecule has 2 aromatic rings. The number of imidazole rings is 1. The molecule has 1 heterocycles. The molecule has 1 aromatic carbocycles. The van der Waals surface area contributed by atoms with Crippen molar-refractivity contribution in [2.45, 2.75) is 20.3 Å². The van der Waals surface area contributed by atoms with Crippen LogP contribution in [0.1, 0.15) is 16.8 Å². The first-order chi connectivity index (χ1) is 8.16. The normalized spacial score (nSPS) is 10.2. The zero-order chi connectivity index (χ0) is 12.3. The third-order valence-corrected chi connectivity index (χ3v) is 2.78. The van der Waals surface area contributed by atoms with Gasteiger partial charge in [-0.1, -0.05) is 12.1 Å². The molecule has 0 fully saturated rings. The molecule has 0 aliphatic heterocycles. The summed E-state index contributed by atoms with van der Waals surface area (Å²) in [5.41, 5.74) is 3.96. The van der Waals surface area contributed by atoms with Crippen LogP contribution in [0.4, 0.5) is 5.69 Å². The van der Waals surface area contributed by atoms with E-state index in [9.17, 15) is 4.79 Å². The number of carbonyl (C=O) groups is 1. The molecule has 4 heteroatoms. The summed E-state index contributed by atoms with van der Waals surface area (Å²) in [6.45, 7) is 4.03. The number of H-pyrrole nitrogens is 1. The van der Waals surface area contributed by atoms with Gasteiger partial charge in [0.15, 0.2) is 0 Å². The van der Waals surface area contributed by atoms with Gasteiger partial charge in [0.25, 0.3) is 0 Å². The van der Waals surface area contributed by atoms with E-state index in [-0.39, 0.29) is 5.91 Å². The van der Waals surface area contributed by atoms with Crippen molar-refractivity contribution in [3.8, 4) is 0 Å². The molecule has 0 aliphatic rings. The van der Waals surface area contributed by atoms with E-state index in [0.29, 0.717) is 6.42 Å². The molecule has 0 saturated heterocycles. The molecule has 1 amide bonds. The Hall–Kier alpha value is -2.10. The molecule has 2 N–H and O–H groups in total. The van der Waals surface area contributed by atoms with Gasteiger partial charge in [-0.05, 0) is 31.0 Å². The number of amides is 1. The third kappa shape index (κ3) is 2.72. The lowest BCUT2D eigenvalue weighted by Gasteiger charge is -2.09. The van der Waals surface area contributed by atoms with E-state index in [4.69, 9.17) is 0 Å². The van der Waals surface area contributed by atoms with E-state index in [0.717, 1.165) is 16.9 Å². The molecule has 0 bridgehead atoms. The van der Waals surface area contributed by atoms with E-state index in [1.54, 1.807) is 12.5 Å². The molecular formula is C13H15N3O. The molecular weight excluding hydrogens is 214 g/mol. The van der Waals surface area contributed by atoms with Crippen molar-refractivity contribution in [2.75, 3.05) is 5.32 Å². The van der Waals surface area contributed by atoms with Crippen LogP contribution in [0.15, 0.2) is 30.7 Å². The molecule has 0 aliphatic carbocycles. The topological polar surface area (TPSA) is 57.8 Å². The van der Waals surface area contributed by atoms with Gasteiger partial charge < -0.3 is 10.3 Å². The number of aromatic amines is 1. The number of nitrogens with one attached hydrogen (secondary N) is 2. The fourth-order valence-electron chi connectivity index (χ4n) is 1.64. The third-order valence-electron chi connectivity index (χ3n) is 2.78. The highest BCUT2D eigenvalue weighted by Crippen LogP contribution is 2.17. The molecule has 2 rings (SSSR count). The summed E-state index contributed by atoms with van der Waals surface area (Å²) in [4.78, 5) is 18.6. The largest absolute Gasteiger partial charge is 0.348 e. The van der Waals surface area contributed by atoms with Gasteiger partial charge in [0, 0.05) is 17.6 Å². The molecule has 0 radical (unpaired) electrons. The lowest BCUT2D eigenvalue weighted by Crippen LogP contribution is -2.15. The minimum atomic E-state index is -0.0389. The highest BCUT2D eigenvalue weighted by molar-refractivity contribution is 5.92. The van der Waals surface area contributed by atoms with Crippen molar-refractivity contribution >= 4 is 11.6 Å². The fraction of sp³-hybridized carbons (Fsp3) is 0.231. The number of rotatable bonds is 3. The van der Waals surface area contributed by atoms with Crippen molar-refractivity contribution in [1.82, 2.24) is 9.97 Å². The molecule has 0 unspecified atom stereocenters. The Balaban J connectivity index is 2.06. The van der Waals surface area contributed by atoms with Gasteiger partial charge in [-0.3, -0.25) is 4.79 Å². The van der Waals surface area contributed by atoms with E-state index in [2.05, 4.69) is 15.3 Å². The first-order valence-electron chi connectivity index (χ1n) is 5.50. The predicted octanol–water partition coefficient (Wildman–Crippen LogP) is 2.21. The van der Waals surface area contributed by atoms with Gasteiger partial charge >= 0.3 is 0 Å². The van der Waals surface area contributed by atoms with Crippen molar-refractivity contribution in [3.63, 3.8) is 0 Å². The van der Waals surface area contributed by atoms with Gasteiger partial charge in [0.1, 0.15) is 0 Å². The summed E-state index contributed by atoms with van der Waals surface area (Å²) >= 11 is 0. The quantitative estimate of drug-likeness (QED) is 0.847. The molecule has 0 spiro atoms. The van der Waals surface area contributed by atoms with Crippen LogP contribution in [-0.4, -0.2) is 15.9 Å². The van der Waals surface area contributed by atoms with E-state index >= 15 is 0 Å². The Morgan fingerprint density at radius 3 is 2.94 bits per heavy atom. The SMILES string of the molecule is Cc1cccc(NC(=O)Cc2cnc[nH]2)c1C. The number of hydrogen-bond donors (Lipinski definition) is 2.